The predicted octanol–water partition coefficient (Wildman–Crippen LogP) is 7.37. The lowest BCUT2D eigenvalue weighted by Gasteiger charge is -2.30. The first-order chi connectivity index (χ1) is 13.5. The number of thioether (sulfide) groups is 2. The third kappa shape index (κ3) is 7.86. The van der Waals surface area contributed by atoms with Crippen molar-refractivity contribution in [1.29, 1.82) is 0 Å². The maximum atomic E-state index is 11.7. The highest BCUT2D eigenvalue weighted by molar-refractivity contribution is 8.04. The van der Waals surface area contributed by atoms with Crippen LogP contribution in [0, 0.1) is 0 Å². The van der Waals surface area contributed by atoms with Crippen molar-refractivity contribution in [3.05, 3.63) is 29.3 Å². The SMILES string of the molecule is COC(=O)CSC1CCCCCC[C@@H]1Sc1cc(C(C)(C)C)cc(C(C)(C)C)c1. The van der Waals surface area contributed by atoms with Gasteiger partial charge in [-0.2, -0.15) is 0 Å². The van der Waals surface area contributed by atoms with Gasteiger partial charge < -0.3 is 4.74 Å². The van der Waals surface area contributed by atoms with Crippen molar-refractivity contribution in [3.8, 4) is 0 Å². The Balaban J connectivity index is 2.29. The average Bonchev–Trinajstić information content (AvgIpc) is 2.61. The average molecular weight is 437 g/mol. The molecule has 0 radical (unpaired) electrons. The van der Waals surface area contributed by atoms with E-state index in [1.807, 2.05) is 11.8 Å². The Kier molecular flexibility index (Phi) is 9.03. The first-order valence-electron chi connectivity index (χ1n) is 11.0. The maximum Gasteiger partial charge on any atom is 0.315 e. The minimum atomic E-state index is -0.106. The lowest BCUT2D eigenvalue weighted by Crippen LogP contribution is -2.24. The van der Waals surface area contributed by atoms with Gasteiger partial charge in [-0.3, -0.25) is 4.79 Å². The number of hydrogen-bond donors (Lipinski definition) is 0. The molecular formula is C25H40O2S2. The molecule has 2 nitrogen and oxygen atoms in total. The van der Waals surface area contributed by atoms with E-state index in [1.165, 1.54) is 61.7 Å². The quantitative estimate of drug-likeness (QED) is 0.450. The van der Waals surface area contributed by atoms with E-state index in [2.05, 4.69) is 59.7 Å². The van der Waals surface area contributed by atoms with Crippen molar-refractivity contribution in [1.82, 2.24) is 0 Å². The van der Waals surface area contributed by atoms with Gasteiger partial charge in [0.1, 0.15) is 0 Å². The Morgan fingerprint density at radius 3 is 1.90 bits per heavy atom. The molecule has 0 spiro atoms. The molecule has 0 amide bonds. The lowest BCUT2D eigenvalue weighted by atomic mass is 9.81. The topological polar surface area (TPSA) is 26.3 Å². The van der Waals surface area contributed by atoms with Crippen molar-refractivity contribution in [2.45, 2.75) is 106 Å². The van der Waals surface area contributed by atoms with Gasteiger partial charge in [0.2, 0.25) is 0 Å². The fourth-order valence-electron chi connectivity index (χ4n) is 3.68. The molecule has 0 aromatic heterocycles. The summed E-state index contributed by atoms with van der Waals surface area (Å²) in [5, 5.41) is 1.06. The third-order valence-corrected chi connectivity index (χ3v) is 8.65. The summed E-state index contributed by atoms with van der Waals surface area (Å²) in [6.07, 6.45) is 7.64. The maximum absolute atomic E-state index is 11.7. The molecule has 1 fully saturated rings. The van der Waals surface area contributed by atoms with Gasteiger partial charge in [0, 0.05) is 15.4 Å². The number of carbonyl (C=O) groups is 1. The second-order valence-corrected chi connectivity index (χ2v) is 12.9. The van der Waals surface area contributed by atoms with Crippen molar-refractivity contribution in [3.63, 3.8) is 0 Å². The van der Waals surface area contributed by atoms with E-state index < -0.39 is 0 Å². The van der Waals surface area contributed by atoms with Crippen molar-refractivity contribution in [2.24, 2.45) is 0 Å². The monoisotopic (exact) mass is 436 g/mol. The van der Waals surface area contributed by atoms with Gasteiger partial charge >= 0.3 is 5.97 Å². The number of esters is 1. The molecule has 0 aliphatic heterocycles. The molecule has 1 unspecified atom stereocenters. The van der Waals surface area contributed by atoms with Crippen LogP contribution < -0.4 is 0 Å². The van der Waals surface area contributed by atoms with Crippen LogP contribution in [0.1, 0.15) is 91.2 Å². The number of carbonyl (C=O) groups excluding carboxylic acids is 1. The van der Waals surface area contributed by atoms with E-state index in [0.29, 0.717) is 16.3 Å². The molecule has 0 bridgehead atoms. The number of benzene rings is 1. The van der Waals surface area contributed by atoms with Crippen LogP contribution >= 0.6 is 23.5 Å². The van der Waals surface area contributed by atoms with Gasteiger partial charge in [0.05, 0.1) is 12.9 Å². The van der Waals surface area contributed by atoms with Crippen LogP contribution in [0.4, 0.5) is 0 Å². The lowest BCUT2D eigenvalue weighted by molar-refractivity contribution is -0.137. The summed E-state index contributed by atoms with van der Waals surface area (Å²) in [4.78, 5) is 13.1. The molecule has 1 aromatic carbocycles. The molecule has 1 aromatic rings. The molecule has 0 saturated heterocycles. The zero-order chi connectivity index (χ0) is 21.7. The zero-order valence-corrected chi connectivity index (χ0v) is 21.1. The molecular weight excluding hydrogens is 396 g/mol. The van der Waals surface area contributed by atoms with Gasteiger partial charge in [-0.05, 0) is 46.9 Å². The minimum absolute atomic E-state index is 0.106. The van der Waals surface area contributed by atoms with Crippen LogP contribution in [0.3, 0.4) is 0 Å². The molecule has 0 N–H and O–H groups in total. The molecule has 29 heavy (non-hydrogen) atoms. The summed E-state index contributed by atoms with van der Waals surface area (Å²) < 4.78 is 4.89. The van der Waals surface area contributed by atoms with Crippen LogP contribution in [0.2, 0.25) is 0 Å². The largest absolute Gasteiger partial charge is 0.468 e. The van der Waals surface area contributed by atoms with Crippen molar-refractivity contribution in [2.75, 3.05) is 12.9 Å². The molecule has 1 aliphatic carbocycles. The summed E-state index contributed by atoms with van der Waals surface area (Å²) in [6.45, 7) is 13.8. The van der Waals surface area contributed by atoms with Gasteiger partial charge in [-0.15, -0.1) is 23.5 Å². The Morgan fingerprint density at radius 2 is 1.41 bits per heavy atom. The fraction of sp³-hybridized carbons (Fsp3) is 0.720. The molecule has 2 rings (SSSR count). The number of ether oxygens (including phenoxy) is 1. The Labute approximate surface area is 187 Å². The first kappa shape index (κ1) is 24.7. The van der Waals surface area contributed by atoms with E-state index in [4.69, 9.17) is 4.74 Å². The van der Waals surface area contributed by atoms with Gasteiger partial charge in [0.15, 0.2) is 0 Å². The minimum Gasteiger partial charge on any atom is -0.468 e. The highest BCUT2D eigenvalue weighted by atomic mass is 32.2. The molecule has 1 saturated carbocycles. The van der Waals surface area contributed by atoms with E-state index >= 15 is 0 Å². The standard InChI is InChI=1S/C25H40O2S2/c1-24(2,3)18-14-19(25(4,5)6)16-20(15-18)29-22-13-11-9-8-10-12-21(22)28-17-23(26)27-7/h14-16,21-22H,8-13,17H2,1-7H3/t21?,22-/m0/s1. The number of methoxy groups -OCH3 is 1. The summed E-state index contributed by atoms with van der Waals surface area (Å²) in [5.41, 5.74) is 3.10. The summed E-state index contributed by atoms with van der Waals surface area (Å²) in [7, 11) is 1.49. The Bertz CT molecular complexity index is 638. The third-order valence-electron chi connectivity index (χ3n) is 5.71. The van der Waals surface area contributed by atoms with E-state index in [0.717, 1.165) is 0 Å². The summed E-state index contributed by atoms with van der Waals surface area (Å²) >= 11 is 3.85. The van der Waals surface area contributed by atoms with Gasteiger partial charge in [0.25, 0.3) is 0 Å². The summed E-state index contributed by atoms with van der Waals surface area (Å²) in [5.74, 6) is 0.360. The summed E-state index contributed by atoms with van der Waals surface area (Å²) in [6, 6.07) is 7.20. The molecule has 1 aliphatic rings. The van der Waals surface area contributed by atoms with Crippen molar-refractivity contribution >= 4 is 29.5 Å². The smallest absolute Gasteiger partial charge is 0.315 e. The molecule has 0 heterocycles. The second kappa shape index (κ2) is 10.6. The molecule has 2 atom stereocenters. The van der Waals surface area contributed by atoms with Crippen LogP contribution in [-0.2, 0) is 20.4 Å². The van der Waals surface area contributed by atoms with E-state index in [9.17, 15) is 4.79 Å². The van der Waals surface area contributed by atoms with Crippen LogP contribution in [0.15, 0.2) is 23.1 Å². The molecule has 164 valence electrons. The fourth-order valence-corrected chi connectivity index (χ4v) is 6.55. The highest BCUT2D eigenvalue weighted by Gasteiger charge is 2.27. The molecule has 4 heteroatoms. The predicted molar refractivity (Wildman–Crippen MR) is 129 cm³/mol. The Hall–Kier alpha value is -0.610. The van der Waals surface area contributed by atoms with Gasteiger partial charge in [-0.1, -0.05) is 73.3 Å². The zero-order valence-electron chi connectivity index (χ0n) is 19.5. The van der Waals surface area contributed by atoms with Crippen LogP contribution in [-0.4, -0.2) is 29.3 Å². The number of rotatable bonds is 5. The van der Waals surface area contributed by atoms with Crippen LogP contribution in [0.25, 0.3) is 0 Å². The normalized spacial score (nSPS) is 21.3. The Morgan fingerprint density at radius 1 is 0.897 bits per heavy atom. The van der Waals surface area contributed by atoms with E-state index in [-0.39, 0.29) is 16.8 Å². The highest BCUT2D eigenvalue weighted by Crippen LogP contribution is 2.41. The number of hydrogen-bond acceptors (Lipinski definition) is 4. The van der Waals surface area contributed by atoms with Crippen LogP contribution in [0.5, 0.6) is 0 Å². The van der Waals surface area contributed by atoms with Gasteiger partial charge in [-0.25, -0.2) is 0 Å². The van der Waals surface area contributed by atoms with E-state index in [1.54, 1.807) is 11.8 Å². The first-order valence-corrected chi connectivity index (χ1v) is 12.9. The second-order valence-electron chi connectivity index (χ2n) is 10.3. The van der Waals surface area contributed by atoms with Crippen molar-refractivity contribution < 1.29 is 9.53 Å².